The van der Waals surface area contributed by atoms with Crippen LogP contribution in [0.3, 0.4) is 0 Å². The van der Waals surface area contributed by atoms with Gasteiger partial charge in [0.25, 0.3) is 0 Å². The SMILES string of the molecule is CCOC1CC(Nc2nc(N)c3c(-c4ccc5nc(C)n(C(C)C)c5n4)ccn3n2)C1. The molecule has 0 saturated heterocycles. The van der Waals surface area contributed by atoms with Crippen LogP contribution in [0.5, 0.6) is 0 Å². The first-order chi connectivity index (χ1) is 14.9. The number of nitrogens with one attached hydrogen (secondary N) is 1. The number of ether oxygens (including phenoxy) is 1. The predicted octanol–water partition coefficient (Wildman–Crippen LogP) is 3.59. The van der Waals surface area contributed by atoms with Gasteiger partial charge >= 0.3 is 0 Å². The smallest absolute Gasteiger partial charge is 0.243 e. The van der Waals surface area contributed by atoms with Crippen molar-refractivity contribution in [2.45, 2.75) is 58.7 Å². The van der Waals surface area contributed by atoms with E-state index in [-0.39, 0.29) is 6.04 Å². The number of fused-ring (bicyclic) bond motifs is 2. The zero-order chi connectivity index (χ0) is 21.7. The van der Waals surface area contributed by atoms with Gasteiger partial charge in [-0.3, -0.25) is 0 Å². The standard InChI is InChI=1S/C22H28N8O/c1-5-31-15-10-14(11-15)25-22-27-20(23)19-16(8-9-29(19)28-22)17-6-7-18-21(26-17)30(12(2)3)13(4)24-18/h6-9,12,14-15H,5,10-11H2,1-4H3,(H3,23,25,27,28). The van der Waals surface area contributed by atoms with Crippen LogP contribution in [0, 0.1) is 6.92 Å². The number of anilines is 2. The van der Waals surface area contributed by atoms with E-state index in [4.69, 9.17) is 15.5 Å². The van der Waals surface area contributed by atoms with Gasteiger partial charge in [-0.15, -0.1) is 5.10 Å². The molecule has 9 heteroatoms. The lowest BCUT2D eigenvalue weighted by molar-refractivity contribution is 0.00283. The fourth-order valence-corrected chi connectivity index (χ4v) is 4.41. The molecule has 9 nitrogen and oxygen atoms in total. The quantitative estimate of drug-likeness (QED) is 0.491. The lowest BCUT2D eigenvalue weighted by Gasteiger charge is -2.35. The molecule has 162 valence electrons. The summed E-state index contributed by atoms with van der Waals surface area (Å²) in [5.74, 6) is 1.91. The van der Waals surface area contributed by atoms with Gasteiger partial charge in [0.05, 0.1) is 11.8 Å². The molecule has 0 amide bonds. The van der Waals surface area contributed by atoms with Gasteiger partial charge in [-0.25, -0.2) is 14.5 Å². The molecule has 1 saturated carbocycles. The minimum atomic E-state index is 0.273. The Hall–Kier alpha value is -3.20. The largest absolute Gasteiger partial charge is 0.382 e. The normalized spacial score (nSPS) is 18.7. The number of aromatic nitrogens is 6. The molecule has 4 aromatic rings. The topological polar surface area (TPSA) is 108 Å². The number of rotatable bonds is 6. The van der Waals surface area contributed by atoms with Crippen molar-refractivity contribution >= 4 is 28.4 Å². The van der Waals surface area contributed by atoms with Crippen LogP contribution in [-0.2, 0) is 4.74 Å². The molecule has 1 fully saturated rings. The monoisotopic (exact) mass is 420 g/mol. The van der Waals surface area contributed by atoms with E-state index in [2.05, 4.69) is 38.8 Å². The van der Waals surface area contributed by atoms with Crippen LogP contribution < -0.4 is 11.1 Å². The lowest BCUT2D eigenvalue weighted by atomic mass is 9.89. The van der Waals surface area contributed by atoms with Crippen molar-refractivity contribution in [1.82, 2.24) is 29.1 Å². The number of hydrogen-bond donors (Lipinski definition) is 2. The molecule has 31 heavy (non-hydrogen) atoms. The molecule has 0 atom stereocenters. The Morgan fingerprint density at radius 1 is 1.19 bits per heavy atom. The van der Waals surface area contributed by atoms with Gasteiger partial charge < -0.3 is 20.4 Å². The first-order valence-electron chi connectivity index (χ1n) is 10.8. The van der Waals surface area contributed by atoms with Gasteiger partial charge in [0.2, 0.25) is 5.95 Å². The first kappa shape index (κ1) is 19.7. The van der Waals surface area contributed by atoms with Gasteiger partial charge in [0.1, 0.15) is 16.9 Å². The molecule has 4 aromatic heterocycles. The van der Waals surface area contributed by atoms with Crippen LogP contribution in [0.4, 0.5) is 11.8 Å². The molecular weight excluding hydrogens is 392 g/mol. The van der Waals surface area contributed by atoms with E-state index in [1.54, 1.807) is 4.52 Å². The highest BCUT2D eigenvalue weighted by molar-refractivity contribution is 5.88. The molecule has 4 heterocycles. The van der Waals surface area contributed by atoms with E-state index in [9.17, 15) is 0 Å². The highest BCUT2D eigenvalue weighted by Gasteiger charge is 2.30. The van der Waals surface area contributed by atoms with Crippen molar-refractivity contribution in [3.8, 4) is 11.3 Å². The third-order valence-corrected chi connectivity index (χ3v) is 5.87. The Morgan fingerprint density at radius 3 is 2.74 bits per heavy atom. The molecule has 0 radical (unpaired) electrons. The highest BCUT2D eigenvalue weighted by Crippen LogP contribution is 2.31. The highest BCUT2D eigenvalue weighted by atomic mass is 16.5. The zero-order valence-electron chi connectivity index (χ0n) is 18.3. The van der Waals surface area contributed by atoms with Gasteiger partial charge in [-0.2, -0.15) is 4.98 Å². The molecular formula is C22H28N8O. The van der Waals surface area contributed by atoms with Crippen molar-refractivity contribution < 1.29 is 4.74 Å². The van der Waals surface area contributed by atoms with Gasteiger partial charge in [0, 0.05) is 30.5 Å². The minimum Gasteiger partial charge on any atom is -0.382 e. The molecule has 5 rings (SSSR count). The summed E-state index contributed by atoms with van der Waals surface area (Å²) >= 11 is 0. The average molecular weight is 421 g/mol. The fourth-order valence-electron chi connectivity index (χ4n) is 4.41. The number of hydrogen-bond acceptors (Lipinski definition) is 7. The third-order valence-electron chi connectivity index (χ3n) is 5.87. The third kappa shape index (κ3) is 3.38. The zero-order valence-corrected chi connectivity index (χ0v) is 18.3. The van der Waals surface area contributed by atoms with Crippen molar-refractivity contribution in [2.75, 3.05) is 17.7 Å². The number of pyridine rings is 1. The Bertz CT molecular complexity index is 1250. The van der Waals surface area contributed by atoms with Gasteiger partial charge in [0.15, 0.2) is 11.5 Å². The maximum Gasteiger partial charge on any atom is 0.243 e. The number of imidazole rings is 1. The summed E-state index contributed by atoms with van der Waals surface area (Å²) in [5.41, 5.74) is 10.6. The molecule has 1 aliphatic rings. The van der Waals surface area contributed by atoms with E-state index >= 15 is 0 Å². The first-order valence-corrected chi connectivity index (χ1v) is 10.8. The number of aryl methyl sites for hydroxylation is 1. The molecule has 1 aliphatic carbocycles. The van der Waals surface area contributed by atoms with E-state index in [1.807, 2.05) is 38.2 Å². The molecule has 0 aromatic carbocycles. The summed E-state index contributed by atoms with van der Waals surface area (Å²) in [6, 6.07) is 6.55. The Balaban J connectivity index is 1.48. The maximum absolute atomic E-state index is 6.36. The molecule has 0 spiro atoms. The average Bonchev–Trinajstić information content (AvgIpc) is 3.26. The summed E-state index contributed by atoms with van der Waals surface area (Å²) in [7, 11) is 0. The Labute approximate surface area is 180 Å². The summed E-state index contributed by atoms with van der Waals surface area (Å²) in [6.07, 6.45) is 4.14. The number of nitrogens with zero attached hydrogens (tertiary/aromatic N) is 6. The second-order valence-electron chi connectivity index (χ2n) is 8.40. The molecule has 0 bridgehead atoms. The molecule has 0 aliphatic heterocycles. The minimum absolute atomic E-state index is 0.273. The van der Waals surface area contributed by atoms with Gasteiger partial charge in [-0.05, 0) is 58.7 Å². The second kappa shape index (κ2) is 7.49. The van der Waals surface area contributed by atoms with E-state index < -0.39 is 0 Å². The van der Waals surface area contributed by atoms with Crippen molar-refractivity contribution in [2.24, 2.45) is 0 Å². The predicted molar refractivity (Wildman–Crippen MR) is 121 cm³/mol. The van der Waals surface area contributed by atoms with Crippen molar-refractivity contribution in [1.29, 1.82) is 0 Å². The molecule has 3 N–H and O–H groups in total. The van der Waals surface area contributed by atoms with Crippen LogP contribution in [0.1, 0.15) is 45.5 Å². The van der Waals surface area contributed by atoms with Crippen LogP contribution in [0.15, 0.2) is 24.4 Å². The van der Waals surface area contributed by atoms with Crippen LogP contribution in [0.2, 0.25) is 0 Å². The summed E-state index contributed by atoms with van der Waals surface area (Å²) in [6.45, 7) is 9.04. The van der Waals surface area contributed by atoms with Gasteiger partial charge in [-0.1, -0.05) is 0 Å². The van der Waals surface area contributed by atoms with Crippen molar-refractivity contribution in [3.63, 3.8) is 0 Å². The van der Waals surface area contributed by atoms with E-state index in [0.717, 1.165) is 53.2 Å². The number of nitrogen functional groups attached to an aromatic ring is 1. The Morgan fingerprint density at radius 2 is 2.00 bits per heavy atom. The number of nitrogens with two attached hydrogens (primary N) is 1. The van der Waals surface area contributed by atoms with Crippen molar-refractivity contribution in [3.05, 3.63) is 30.2 Å². The summed E-state index contributed by atoms with van der Waals surface area (Å²) < 4.78 is 9.54. The Kier molecular flexibility index (Phi) is 4.77. The van der Waals surface area contributed by atoms with Crippen LogP contribution in [0.25, 0.3) is 27.9 Å². The second-order valence-corrected chi connectivity index (χ2v) is 8.40. The molecule has 0 unspecified atom stereocenters. The van der Waals surface area contributed by atoms with E-state index in [1.165, 1.54) is 0 Å². The maximum atomic E-state index is 6.36. The summed E-state index contributed by atoms with van der Waals surface area (Å²) in [4.78, 5) is 14.1. The van der Waals surface area contributed by atoms with Crippen LogP contribution >= 0.6 is 0 Å². The van der Waals surface area contributed by atoms with Crippen LogP contribution in [-0.4, -0.2) is 47.9 Å². The summed E-state index contributed by atoms with van der Waals surface area (Å²) in [5, 5.41) is 7.98. The fraction of sp³-hybridized carbons (Fsp3) is 0.455. The van der Waals surface area contributed by atoms with E-state index in [0.29, 0.717) is 23.9 Å². The lowest BCUT2D eigenvalue weighted by Crippen LogP contribution is -2.41.